The summed E-state index contributed by atoms with van der Waals surface area (Å²) >= 11 is 0.848. The summed E-state index contributed by atoms with van der Waals surface area (Å²) < 4.78 is 105. The number of anilines is 1. The van der Waals surface area contributed by atoms with E-state index in [0.717, 1.165) is 58.7 Å². The minimum Gasteiger partial charge on any atom is -0.344 e. The Bertz CT molecular complexity index is 2460. The number of fused-ring (bicyclic) bond motifs is 2. The Morgan fingerprint density at radius 2 is 1.48 bits per heavy atom. The summed E-state index contributed by atoms with van der Waals surface area (Å²) in [5.41, 5.74) is 5.73. The number of allylic oxidation sites excluding steroid dienone is 10. The molecule has 0 saturated carbocycles. The van der Waals surface area contributed by atoms with Crippen LogP contribution in [0.25, 0.3) is 0 Å². The summed E-state index contributed by atoms with van der Waals surface area (Å²) in [6.45, 7) is 12.9. The van der Waals surface area contributed by atoms with Crippen LogP contribution in [0.5, 0.6) is 0 Å². The van der Waals surface area contributed by atoms with Crippen LogP contribution in [-0.4, -0.2) is 79.1 Å². The highest BCUT2D eigenvalue weighted by Gasteiger charge is 2.45. The molecule has 0 unspecified atom stereocenters. The van der Waals surface area contributed by atoms with Crippen molar-refractivity contribution in [3.05, 3.63) is 107 Å². The molecule has 1 aliphatic carbocycles. The van der Waals surface area contributed by atoms with Crippen molar-refractivity contribution >= 4 is 59.5 Å². The van der Waals surface area contributed by atoms with E-state index in [-0.39, 0.29) is 35.4 Å². The first-order valence-corrected chi connectivity index (χ1v) is 23.9. The van der Waals surface area contributed by atoms with Crippen molar-refractivity contribution in [3.8, 4) is 0 Å². The van der Waals surface area contributed by atoms with Crippen LogP contribution in [0.3, 0.4) is 0 Å². The van der Waals surface area contributed by atoms with E-state index < -0.39 is 46.9 Å². The quantitative estimate of drug-likeness (QED) is 0.0418. The maximum atomic E-state index is 12.0. The van der Waals surface area contributed by atoms with E-state index in [0.29, 0.717) is 22.7 Å². The maximum Gasteiger partial charge on any atom is 0.294 e. The third-order valence-corrected chi connectivity index (χ3v) is 13.7. The topological polar surface area (TPSA) is 208 Å². The molecule has 2 heterocycles. The molecule has 58 heavy (non-hydrogen) atoms. The lowest BCUT2D eigenvalue weighted by atomic mass is 9.75. The third-order valence-electron chi connectivity index (χ3n) is 10.6. The molecule has 18 heteroatoms. The zero-order valence-electron chi connectivity index (χ0n) is 33.2. The highest BCUT2D eigenvalue weighted by molar-refractivity contribution is 7.94. The Hall–Kier alpha value is -3.43. The molecule has 316 valence electrons. The second kappa shape index (κ2) is 17.3. The maximum absolute atomic E-state index is 12.0. The van der Waals surface area contributed by atoms with E-state index in [1.165, 1.54) is 12.1 Å². The fourth-order valence-corrected chi connectivity index (χ4v) is 10.0. The van der Waals surface area contributed by atoms with E-state index in [9.17, 15) is 38.9 Å². The first-order valence-electron chi connectivity index (χ1n) is 18.5. The van der Waals surface area contributed by atoms with Crippen molar-refractivity contribution in [3.63, 3.8) is 0 Å². The van der Waals surface area contributed by atoms with Crippen molar-refractivity contribution in [2.24, 2.45) is 5.41 Å². The Balaban J connectivity index is 1.46. The zero-order chi connectivity index (χ0) is 42.9. The lowest BCUT2D eigenvalue weighted by Crippen LogP contribution is -2.28. The second-order valence-corrected chi connectivity index (χ2v) is 21.9. The highest BCUT2D eigenvalue weighted by atomic mass is 32.2. The van der Waals surface area contributed by atoms with Crippen molar-refractivity contribution in [2.45, 2.75) is 87.8 Å². The smallest absolute Gasteiger partial charge is 0.294 e. The van der Waals surface area contributed by atoms with Gasteiger partial charge < -0.3 is 4.90 Å². The van der Waals surface area contributed by atoms with Crippen LogP contribution in [-0.2, 0) is 50.6 Å². The largest absolute Gasteiger partial charge is 0.344 e. The fourth-order valence-electron chi connectivity index (χ4n) is 8.12. The first kappa shape index (κ1) is 45.7. The van der Waals surface area contributed by atoms with Crippen LogP contribution in [0, 0.1) is 5.41 Å². The molecule has 0 radical (unpaired) electrons. The van der Waals surface area contributed by atoms with Crippen molar-refractivity contribution in [1.82, 2.24) is 0 Å². The van der Waals surface area contributed by atoms with Crippen LogP contribution >= 0.6 is 12.0 Å². The summed E-state index contributed by atoms with van der Waals surface area (Å²) in [6, 6.07) is 9.96. The van der Waals surface area contributed by atoms with Gasteiger partial charge in [-0.1, -0.05) is 63.1 Å². The van der Waals surface area contributed by atoms with Gasteiger partial charge in [-0.2, -0.15) is 29.8 Å². The summed E-state index contributed by atoms with van der Waals surface area (Å²) in [4.78, 5) is 2.36. The van der Waals surface area contributed by atoms with Gasteiger partial charge in [0.15, 0.2) is 5.71 Å². The molecule has 2 aromatic rings. The molecule has 4 N–H and O–H groups in total. The number of rotatable bonds is 16. The summed E-state index contributed by atoms with van der Waals surface area (Å²) in [7, 11) is -12.8. The van der Waals surface area contributed by atoms with Gasteiger partial charge in [-0.3, -0.25) is 13.7 Å². The predicted octanol–water partition coefficient (Wildman–Crippen LogP) is 7.76. The number of hydrogen-bond donors (Lipinski definition) is 4. The van der Waals surface area contributed by atoms with Gasteiger partial charge >= 0.3 is 0 Å². The molecule has 2 aromatic carbocycles. The molecule has 0 bridgehead atoms. The second-order valence-electron chi connectivity index (χ2n) is 16.5. The van der Waals surface area contributed by atoms with Crippen LogP contribution in [0.2, 0.25) is 0 Å². The molecule has 0 saturated heterocycles. The minimum absolute atomic E-state index is 0.0790. The van der Waals surface area contributed by atoms with E-state index in [2.05, 4.69) is 49.2 Å². The van der Waals surface area contributed by atoms with Gasteiger partial charge in [-0.15, -0.1) is 4.33 Å². The molecule has 0 atom stereocenters. The number of benzene rings is 2. The van der Waals surface area contributed by atoms with E-state index in [1.807, 2.05) is 65.8 Å². The summed E-state index contributed by atoms with van der Waals surface area (Å²) in [5.74, 6) is -0.822. The molecular formula is C40H51N2O12S4+. The lowest BCUT2D eigenvalue weighted by molar-refractivity contribution is -0.437. The molecule has 0 aromatic heterocycles. The minimum atomic E-state index is -4.47. The van der Waals surface area contributed by atoms with Gasteiger partial charge in [0.1, 0.15) is 6.54 Å². The monoisotopic (exact) mass is 879 g/mol. The van der Waals surface area contributed by atoms with Gasteiger partial charge in [-0.05, 0) is 91.6 Å². The molecule has 0 fully saturated rings. The van der Waals surface area contributed by atoms with E-state index in [4.69, 9.17) is 5.26 Å². The predicted molar refractivity (Wildman–Crippen MR) is 224 cm³/mol. The Kier molecular flexibility index (Phi) is 13.6. The molecule has 0 spiro atoms. The van der Waals surface area contributed by atoms with E-state index >= 15 is 0 Å². The third kappa shape index (κ3) is 11.0. The molecule has 0 amide bonds. The number of nitrogens with zero attached hydrogens (tertiary/aromatic N) is 2. The molecule has 3 aliphatic rings. The standard InChI is InChI=1S/C40H50N2O12S4/c1-38(2)26-28(11-7-13-36-39(3,4)32-24-30(55-54-53-43)15-17-34(32)41(36)19-9-21-56(44,45)46)23-29(27-38)12-8-14-37-40(5,6)33-25-31(58(50,51)52)16-18-35(33)42(37)20-10-22-57(47,48)49/h7-8,11-18,23-25H,9-10,19-22,26-27H2,1-6H3,(H3-,43,44,45,46,47,48,49,50,51,52)/p+1. The molecule has 2 aliphatic heterocycles. The van der Waals surface area contributed by atoms with Gasteiger partial charge in [0.25, 0.3) is 30.4 Å². The van der Waals surface area contributed by atoms with Crippen molar-refractivity contribution in [2.75, 3.05) is 29.5 Å². The Morgan fingerprint density at radius 3 is 2.14 bits per heavy atom. The van der Waals surface area contributed by atoms with Gasteiger partial charge in [-0.25, -0.2) is 5.26 Å². The fraction of sp³-hybridized carbons (Fsp3) is 0.425. The molecule has 5 rings (SSSR count). The van der Waals surface area contributed by atoms with Crippen LogP contribution in [0.15, 0.2) is 106 Å². The normalized spacial score (nSPS) is 20.4. The first-order chi connectivity index (χ1) is 26.8. The van der Waals surface area contributed by atoms with Crippen molar-refractivity contribution < 1.29 is 58.1 Å². The van der Waals surface area contributed by atoms with Crippen LogP contribution < -0.4 is 4.90 Å². The molecular weight excluding hydrogens is 829 g/mol. The summed E-state index contributed by atoms with van der Waals surface area (Å²) in [6.07, 6.45) is 16.0. The SMILES string of the molecule is CC1(C)CC(/C=C/C=C2/N(CCCS(=O)(=O)O)c3ccc(S(=O)(=O)O)cc3C2(C)C)=CC(=C/C=C/C2=[N+](CCCS(=O)(=O)O)c3ccc(SOOO)cc3C2(C)C)/C1. The summed E-state index contributed by atoms with van der Waals surface area (Å²) in [5, 5.41) is 12.4. The van der Waals surface area contributed by atoms with Crippen LogP contribution in [0.1, 0.15) is 78.4 Å². The van der Waals surface area contributed by atoms with Gasteiger partial charge in [0.05, 0.1) is 33.9 Å². The molecule has 14 nitrogen and oxygen atoms in total. The van der Waals surface area contributed by atoms with Gasteiger partial charge in [0.2, 0.25) is 5.69 Å². The van der Waals surface area contributed by atoms with Gasteiger partial charge in [0, 0.05) is 52.4 Å². The highest BCUT2D eigenvalue weighted by Crippen LogP contribution is 2.49. The average molecular weight is 880 g/mol. The Morgan fingerprint density at radius 1 is 0.810 bits per heavy atom. The lowest BCUT2D eigenvalue weighted by Gasteiger charge is -2.30. The van der Waals surface area contributed by atoms with E-state index in [1.54, 1.807) is 12.1 Å². The Labute approximate surface area is 345 Å². The zero-order valence-corrected chi connectivity index (χ0v) is 36.5. The van der Waals surface area contributed by atoms with Crippen LogP contribution in [0.4, 0.5) is 11.4 Å². The number of hydrogen-bond acceptors (Lipinski definition) is 11. The average Bonchev–Trinajstić information content (AvgIpc) is 3.43. The van der Waals surface area contributed by atoms with Crippen molar-refractivity contribution in [1.29, 1.82) is 0 Å².